The summed E-state index contributed by atoms with van der Waals surface area (Å²) in [7, 11) is 0. The Bertz CT molecular complexity index is 1180. The van der Waals surface area contributed by atoms with Gasteiger partial charge in [-0.05, 0) is 48.6 Å². The maximum absolute atomic E-state index is 12.1. The van der Waals surface area contributed by atoms with Crippen LogP contribution in [0.3, 0.4) is 0 Å². The van der Waals surface area contributed by atoms with Crippen LogP contribution in [0.4, 0.5) is 0 Å². The highest BCUT2D eigenvalue weighted by atomic mass is 32.1. The fourth-order valence-corrected chi connectivity index (χ4v) is 4.07. The third-order valence-electron chi connectivity index (χ3n) is 4.73. The van der Waals surface area contributed by atoms with Gasteiger partial charge in [0.1, 0.15) is 5.75 Å². The zero-order valence-corrected chi connectivity index (χ0v) is 16.5. The van der Waals surface area contributed by atoms with Crippen LogP contribution in [0.1, 0.15) is 35.7 Å². The average molecular weight is 392 g/mol. The van der Waals surface area contributed by atoms with E-state index in [0.29, 0.717) is 29.0 Å². The Balaban J connectivity index is 1.96. The van der Waals surface area contributed by atoms with Gasteiger partial charge in [-0.2, -0.15) is 4.37 Å². The standard InChI is InChI=1S/C22H20N2O3S/c1-3-4-11-27-18-10-9-13(2)20-19(18)15(22(25)26)12-17(23-20)21-14-7-5-6-8-16(14)24-28-21/h5-10,12H,3-4,11H2,1-2H3,(H,25,26). The van der Waals surface area contributed by atoms with Gasteiger partial charge >= 0.3 is 5.97 Å². The fraction of sp³-hybridized carbons (Fsp3) is 0.227. The number of unbranched alkanes of at least 4 members (excludes halogenated alkanes) is 1. The molecule has 0 aliphatic heterocycles. The van der Waals surface area contributed by atoms with E-state index in [-0.39, 0.29) is 5.56 Å². The molecule has 142 valence electrons. The van der Waals surface area contributed by atoms with E-state index in [1.54, 1.807) is 6.07 Å². The van der Waals surface area contributed by atoms with Crippen molar-refractivity contribution in [2.45, 2.75) is 26.7 Å². The zero-order valence-electron chi connectivity index (χ0n) is 15.7. The van der Waals surface area contributed by atoms with Crippen molar-refractivity contribution in [3.05, 3.63) is 53.6 Å². The van der Waals surface area contributed by atoms with Crippen molar-refractivity contribution in [3.8, 4) is 16.3 Å². The lowest BCUT2D eigenvalue weighted by molar-refractivity contribution is 0.0698. The molecule has 0 spiro atoms. The highest BCUT2D eigenvalue weighted by Gasteiger charge is 2.20. The molecule has 1 N–H and O–H groups in total. The summed E-state index contributed by atoms with van der Waals surface area (Å²) in [4.78, 5) is 17.8. The van der Waals surface area contributed by atoms with Gasteiger partial charge in [0.2, 0.25) is 0 Å². The maximum Gasteiger partial charge on any atom is 0.336 e. The van der Waals surface area contributed by atoms with Crippen LogP contribution < -0.4 is 4.74 Å². The molecule has 0 bridgehead atoms. The van der Waals surface area contributed by atoms with Crippen molar-refractivity contribution < 1.29 is 14.6 Å². The van der Waals surface area contributed by atoms with Crippen molar-refractivity contribution in [3.63, 3.8) is 0 Å². The van der Waals surface area contributed by atoms with E-state index >= 15 is 0 Å². The molecule has 4 rings (SSSR count). The third kappa shape index (κ3) is 3.20. The van der Waals surface area contributed by atoms with Crippen LogP contribution in [0.25, 0.3) is 32.4 Å². The van der Waals surface area contributed by atoms with E-state index in [0.717, 1.165) is 34.2 Å². The number of carboxylic acids is 1. The summed E-state index contributed by atoms with van der Waals surface area (Å²) in [5, 5.41) is 11.4. The number of carbonyl (C=O) groups is 1. The van der Waals surface area contributed by atoms with Gasteiger partial charge in [0.05, 0.1) is 39.2 Å². The van der Waals surface area contributed by atoms with E-state index in [1.165, 1.54) is 11.5 Å². The first-order chi connectivity index (χ1) is 13.6. The van der Waals surface area contributed by atoms with Gasteiger partial charge in [-0.25, -0.2) is 9.78 Å². The third-order valence-corrected chi connectivity index (χ3v) is 5.63. The number of carboxylic acid groups (broad SMARTS) is 1. The summed E-state index contributed by atoms with van der Waals surface area (Å²) in [5.41, 5.74) is 3.28. The summed E-state index contributed by atoms with van der Waals surface area (Å²) in [6.45, 7) is 4.58. The second-order valence-corrected chi connectivity index (χ2v) is 7.47. The van der Waals surface area contributed by atoms with E-state index in [2.05, 4.69) is 11.3 Å². The molecule has 0 aliphatic rings. The Morgan fingerprint density at radius 1 is 1.21 bits per heavy atom. The minimum Gasteiger partial charge on any atom is -0.493 e. The number of hydrogen-bond donors (Lipinski definition) is 1. The minimum absolute atomic E-state index is 0.202. The molecule has 5 nitrogen and oxygen atoms in total. The Morgan fingerprint density at radius 2 is 2.04 bits per heavy atom. The fourth-order valence-electron chi connectivity index (χ4n) is 3.25. The van der Waals surface area contributed by atoms with E-state index in [1.807, 2.05) is 43.3 Å². The molecule has 0 saturated heterocycles. The molecule has 0 atom stereocenters. The lowest BCUT2D eigenvalue weighted by Crippen LogP contribution is -2.04. The molecule has 2 aromatic carbocycles. The van der Waals surface area contributed by atoms with Crippen molar-refractivity contribution in [2.75, 3.05) is 6.61 Å². The van der Waals surface area contributed by atoms with Crippen LogP contribution in [0, 0.1) is 6.92 Å². The summed E-state index contributed by atoms with van der Waals surface area (Å²) in [5.74, 6) is -0.423. The van der Waals surface area contributed by atoms with Crippen LogP contribution in [-0.4, -0.2) is 27.0 Å². The lowest BCUT2D eigenvalue weighted by Gasteiger charge is -2.14. The Hall–Kier alpha value is -2.99. The molecule has 0 saturated carbocycles. The number of ether oxygens (including phenoxy) is 1. The van der Waals surface area contributed by atoms with Crippen LogP contribution in [0.2, 0.25) is 0 Å². The normalized spacial score (nSPS) is 11.2. The molecule has 0 radical (unpaired) electrons. The maximum atomic E-state index is 12.1. The van der Waals surface area contributed by atoms with Crippen LogP contribution in [0.15, 0.2) is 42.5 Å². The predicted octanol–water partition coefficient (Wildman–Crippen LogP) is 5.70. The average Bonchev–Trinajstić information content (AvgIpc) is 3.13. The first-order valence-corrected chi connectivity index (χ1v) is 10.0. The Kier molecular flexibility index (Phi) is 4.96. The topological polar surface area (TPSA) is 72.3 Å². The number of aromatic nitrogens is 2. The van der Waals surface area contributed by atoms with E-state index in [4.69, 9.17) is 9.72 Å². The van der Waals surface area contributed by atoms with E-state index < -0.39 is 5.97 Å². The van der Waals surface area contributed by atoms with Gasteiger partial charge in [-0.15, -0.1) is 0 Å². The van der Waals surface area contributed by atoms with Crippen molar-refractivity contribution in [1.82, 2.24) is 9.36 Å². The highest BCUT2D eigenvalue weighted by Crippen LogP contribution is 2.37. The van der Waals surface area contributed by atoms with Gasteiger partial charge in [-0.1, -0.05) is 37.6 Å². The number of benzene rings is 2. The van der Waals surface area contributed by atoms with Gasteiger partial charge in [0.25, 0.3) is 0 Å². The smallest absolute Gasteiger partial charge is 0.336 e. The molecular formula is C22H20N2O3S. The molecular weight excluding hydrogens is 372 g/mol. The number of fused-ring (bicyclic) bond motifs is 2. The van der Waals surface area contributed by atoms with Gasteiger partial charge in [0, 0.05) is 5.39 Å². The predicted molar refractivity (Wildman–Crippen MR) is 112 cm³/mol. The first kappa shape index (κ1) is 18.4. The first-order valence-electron chi connectivity index (χ1n) is 9.25. The molecule has 6 heteroatoms. The second-order valence-electron chi connectivity index (χ2n) is 6.70. The van der Waals surface area contributed by atoms with Crippen molar-refractivity contribution in [1.29, 1.82) is 0 Å². The number of rotatable bonds is 6. The second kappa shape index (κ2) is 7.56. The minimum atomic E-state index is -0.992. The Labute approximate surface area is 166 Å². The molecule has 0 amide bonds. The number of nitrogens with zero attached hydrogens (tertiary/aromatic N) is 2. The van der Waals surface area contributed by atoms with Gasteiger partial charge in [0.15, 0.2) is 0 Å². The molecule has 2 aromatic heterocycles. The van der Waals surface area contributed by atoms with Crippen LogP contribution in [0.5, 0.6) is 5.75 Å². The van der Waals surface area contributed by atoms with Crippen molar-refractivity contribution in [2.24, 2.45) is 0 Å². The van der Waals surface area contributed by atoms with Gasteiger partial charge < -0.3 is 9.84 Å². The highest BCUT2D eigenvalue weighted by molar-refractivity contribution is 7.11. The summed E-state index contributed by atoms with van der Waals surface area (Å²) in [6.07, 6.45) is 1.92. The molecule has 0 fully saturated rings. The number of pyridine rings is 1. The molecule has 0 aliphatic carbocycles. The monoisotopic (exact) mass is 392 g/mol. The quantitative estimate of drug-likeness (QED) is 0.426. The zero-order chi connectivity index (χ0) is 19.7. The number of aryl methyl sites for hydroxylation is 1. The molecule has 4 aromatic rings. The van der Waals surface area contributed by atoms with Crippen molar-refractivity contribution >= 4 is 39.3 Å². The molecule has 0 unspecified atom stereocenters. The number of hydrogen-bond acceptors (Lipinski definition) is 5. The lowest BCUT2D eigenvalue weighted by atomic mass is 10.0. The SMILES string of the molecule is CCCCOc1ccc(C)c2nc(-c3snc4ccccc34)cc(C(=O)O)c12. The van der Waals surface area contributed by atoms with Crippen LogP contribution >= 0.6 is 11.5 Å². The summed E-state index contributed by atoms with van der Waals surface area (Å²) < 4.78 is 10.4. The van der Waals surface area contributed by atoms with Gasteiger partial charge in [-0.3, -0.25) is 0 Å². The number of aromatic carboxylic acids is 1. The summed E-state index contributed by atoms with van der Waals surface area (Å²) in [6, 6.07) is 13.2. The van der Waals surface area contributed by atoms with Crippen LogP contribution in [-0.2, 0) is 0 Å². The molecule has 2 heterocycles. The largest absolute Gasteiger partial charge is 0.493 e. The van der Waals surface area contributed by atoms with E-state index in [9.17, 15) is 9.90 Å². The summed E-state index contributed by atoms with van der Waals surface area (Å²) >= 11 is 1.34. The molecule has 28 heavy (non-hydrogen) atoms. The Morgan fingerprint density at radius 3 is 2.82 bits per heavy atom.